The molecule has 0 N–H and O–H groups in total. The fraction of sp³-hybridized carbons (Fsp3) is 0.250. The fourth-order valence-corrected chi connectivity index (χ4v) is 3.92. The summed E-state index contributed by atoms with van der Waals surface area (Å²) in [5.41, 5.74) is 0. The maximum absolute atomic E-state index is 12.0. The minimum atomic E-state index is -2.51. The third-order valence-electron chi connectivity index (χ3n) is 3.33. The van der Waals surface area contributed by atoms with Crippen molar-refractivity contribution in [2.75, 3.05) is 0 Å². The van der Waals surface area contributed by atoms with Gasteiger partial charge in [0, 0.05) is 0 Å². The number of rotatable bonds is 4. The van der Waals surface area contributed by atoms with Gasteiger partial charge in [-0.1, -0.05) is 60.8 Å². The molecule has 0 atom stereocenters. The number of benzene rings is 2. The van der Waals surface area contributed by atoms with Crippen LogP contribution in [0.3, 0.4) is 0 Å². The quantitative estimate of drug-likeness (QED) is 0.528. The summed E-state index contributed by atoms with van der Waals surface area (Å²) in [5, 5.41) is 1.73. The Kier molecular flexibility index (Phi) is 8.68. The Balaban J connectivity index is 0.00000242. The molecule has 0 saturated carbocycles. The minimum Gasteiger partial charge on any atom is -0.855 e. The van der Waals surface area contributed by atoms with Crippen LogP contribution in [0, 0.1) is 0 Å². The molecule has 2 aromatic carbocycles. The first-order chi connectivity index (χ1) is 9.66. The molecule has 2 aromatic rings. The predicted molar refractivity (Wildman–Crippen MR) is 87.2 cm³/mol. The van der Waals surface area contributed by atoms with Gasteiger partial charge in [-0.05, 0) is 40.9 Å². The zero-order valence-corrected chi connectivity index (χ0v) is 16.8. The van der Waals surface area contributed by atoms with Crippen molar-refractivity contribution in [3.63, 3.8) is 0 Å². The van der Waals surface area contributed by atoms with E-state index in [4.69, 9.17) is 4.74 Å². The third-order valence-corrected chi connectivity index (χ3v) is 6.78. The third kappa shape index (κ3) is 6.66. The fourth-order valence-electron chi connectivity index (χ4n) is 1.98. The van der Waals surface area contributed by atoms with Crippen molar-refractivity contribution >= 4 is 27.0 Å². The number of hydrogen-bond donors (Lipinski definition) is 0. The topological polar surface area (TPSA) is 55.3 Å². The van der Waals surface area contributed by atoms with Crippen molar-refractivity contribution in [3.8, 4) is 11.5 Å². The number of hydrogen-bond acceptors (Lipinski definition) is 3. The summed E-state index contributed by atoms with van der Waals surface area (Å²) >= 11 is 0. The second-order valence-corrected chi connectivity index (χ2v) is 13.4. The normalized spacial score (nSPS) is 11.2. The molecule has 0 saturated heterocycles. The molecule has 0 radical (unpaired) electrons. The standard InChI is InChI=1S/C16H20O3Si2.2Li/c1-20(2,17)15-9-5-13(6-10-15)19-14-7-11-16(12-8-14)21(3,4)18;;/h5-12H,1-4H3;;/q-2;2*+1. The van der Waals surface area contributed by atoms with Gasteiger partial charge < -0.3 is 14.3 Å². The van der Waals surface area contributed by atoms with Gasteiger partial charge in [0.2, 0.25) is 0 Å². The van der Waals surface area contributed by atoms with Crippen LogP contribution >= 0.6 is 0 Å². The van der Waals surface area contributed by atoms with Gasteiger partial charge in [-0.3, -0.25) is 0 Å². The molecule has 0 fully saturated rings. The zero-order chi connectivity index (χ0) is 15.7. The molecule has 0 amide bonds. The van der Waals surface area contributed by atoms with Crippen LogP contribution in [0.4, 0.5) is 0 Å². The molecule has 0 aliphatic heterocycles. The van der Waals surface area contributed by atoms with E-state index in [1.54, 1.807) is 26.2 Å². The van der Waals surface area contributed by atoms with E-state index >= 15 is 0 Å². The summed E-state index contributed by atoms with van der Waals surface area (Å²) in [6, 6.07) is 14.7. The Bertz CT molecular complexity index is 548. The molecule has 23 heavy (non-hydrogen) atoms. The van der Waals surface area contributed by atoms with Gasteiger partial charge in [-0.15, -0.1) is 0 Å². The summed E-state index contributed by atoms with van der Waals surface area (Å²) in [4.78, 5) is 24.0. The molecule has 0 unspecified atom stereocenters. The van der Waals surface area contributed by atoms with Crippen LogP contribution in [-0.2, 0) is 0 Å². The van der Waals surface area contributed by atoms with E-state index in [0.717, 1.165) is 10.4 Å². The minimum absolute atomic E-state index is 0. The van der Waals surface area contributed by atoms with E-state index in [1.165, 1.54) is 0 Å². The van der Waals surface area contributed by atoms with E-state index in [9.17, 15) is 9.59 Å². The summed E-state index contributed by atoms with van der Waals surface area (Å²) in [5.74, 6) is 1.40. The maximum atomic E-state index is 12.0. The van der Waals surface area contributed by atoms with Crippen molar-refractivity contribution in [2.24, 2.45) is 0 Å². The Morgan fingerprint density at radius 3 is 1.09 bits per heavy atom. The van der Waals surface area contributed by atoms with Gasteiger partial charge in [-0.2, -0.15) is 0 Å². The van der Waals surface area contributed by atoms with Crippen LogP contribution in [0.5, 0.6) is 11.5 Å². The molecule has 3 nitrogen and oxygen atoms in total. The van der Waals surface area contributed by atoms with Crippen LogP contribution in [-0.4, -0.2) is 16.6 Å². The van der Waals surface area contributed by atoms with Crippen LogP contribution in [0.25, 0.3) is 0 Å². The second kappa shape index (κ2) is 8.76. The SMILES string of the molecule is C[Si](C)([O-])c1ccc(Oc2ccc([Si](C)(C)[O-])cc2)cc1.[Li+].[Li+]. The van der Waals surface area contributed by atoms with Crippen LogP contribution < -0.4 is 62.4 Å². The average molecular weight is 330 g/mol. The molecule has 0 aliphatic rings. The first-order valence-electron chi connectivity index (χ1n) is 6.96. The van der Waals surface area contributed by atoms with Crippen LogP contribution in [0.15, 0.2) is 48.5 Å². The average Bonchev–Trinajstić information content (AvgIpc) is 2.38. The van der Waals surface area contributed by atoms with Gasteiger partial charge in [0.25, 0.3) is 0 Å². The smallest absolute Gasteiger partial charge is 0.855 e. The van der Waals surface area contributed by atoms with Crippen molar-refractivity contribution in [1.29, 1.82) is 0 Å². The molecule has 112 valence electrons. The van der Waals surface area contributed by atoms with Gasteiger partial charge in [0.05, 0.1) is 0 Å². The van der Waals surface area contributed by atoms with E-state index in [2.05, 4.69) is 0 Å². The second-order valence-electron chi connectivity index (χ2n) is 6.17. The van der Waals surface area contributed by atoms with Gasteiger partial charge in [0.1, 0.15) is 11.5 Å². The summed E-state index contributed by atoms with van der Waals surface area (Å²) < 4.78 is 5.74. The van der Waals surface area contributed by atoms with E-state index < -0.39 is 16.6 Å². The Morgan fingerprint density at radius 1 is 0.609 bits per heavy atom. The van der Waals surface area contributed by atoms with Crippen molar-refractivity contribution in [1.82, 2.24) is 0 Å². The largest absolute Gasteiger partial charge is 1.00 e. The first-order valence-corrected chi connectivity index (χ1v) is 12.8. The predicted octanol–water partition coefficient (Wildman–Crippen LogP) is -4.97. The van der Waals surface area contributed by atoms with Crippen LogP contribution in [0.1, 0.15) is 0 Å². The zero-order valence-electron chi connectivity index (χ0n) is 14.8. The maximum Gasteiger partial charge on any atom is 1.00 e. The molecule has 0 heterocycles. The van der Waals surface area contributed by atoms with Gasteiger partial charge >= 0.3 is 37.7 Å². The molecule has 7 heteroatoms. The van der Waals surface area contributed by atoms with Crippen molar-refractivity contribution in [2.45, 2.75) is 26.2 Å². The van der Waals surface area contributed by atoms with Gasteiger partial charge in [0.15, 0.2) is 0 Å². The number of ether oxygens (including phenoxy) is 1. The monoisotopic (exact) mass is 330 g/mol. The summed E-state index contributed by atoms with van der Waals surface area (Å²) in [7, 11) is -5.02. The van der Waals surface area contributed by atoms with E-state index in [-0.39, 0.29) is 37.7 Å². The first kappa shape index (κ1) is 22.8. The molecule has 0 aliphatic carbocycles. The Hall–Kier alpha value is -0.211. The molecule has 0 aromatic heterocycles. The molecular weight excluding hydrogens is 310 g/mol. The van der Waals surface area contributed by atoms with Gasteiger partial charge in [-0.25, -0.2) is 0 Å². The Morgan fingerprint density at radius 2 is 0.870 bits per heavy atom. The van der Waals surface area contributed by atoms with Crippen molar-refractivity contribution < 1.29 is 52.0 Å². The Labute approximate surface area is 164 Å². The summed E-state index contributed by atoms with van der Waals surface area (Å²) in [6.07, 6.45) is 0. The molecular formula is C16H20Li2O3Si2. The van der Waals surface area contributed by atoms with E-state index in [1.807, 2.05) is 48.5 Å². The van der Waals surface area contributed by atoms with Crippen LogP contribution in [0.2, 0.25) is 26.2 Å². The van der Waals surface area contributed by atoms with E-state index in [0.29, 0.717) is 11.5 Å². The van der Waals surface area contributed by atoms with Crippen molar-refractivity contribution in [3.05, 3.63) is 48.5 Å². The summed E-state index contributed by atoms with van der Waals surface area (Å²) in [6.45, 7) is 7.10. The molecule has 2 rings (SSSR count). The molecule has 0 bridgehead atoms. The molecule has 0 spiro atoms.